The average Bonchev–Trinajstić information content (AvgIpc) is 2.92. The van der Waals surface area contributed by atoms with Crippen LogP contribution in [0.3, 0.4) is 0 Å². The molecule has 0 aliphatic heterocycles. The van der Waals surface area contributed by atoms with Gasteiger partial charge in [-0.3, -0.25) is 9.59 Å². The van der Waals surface area contributed by atoms with Crippen molar-refractivity contribution in [2.75, 3.05) is 27.3 Å². The lowest BCUT2D eigenvalue weighted by atomic mass is 10.0. The smallest absolute Gasteiger partial charge is 0.407 e. The van der Waals surface area contributed by atoms with Crippen LogP contribution in [0.2, 0.25) is 0 Å². The zero-order valence-electron chi connectivity index (χ0n) is 22.7. The Morgan fingerprint density at radius 2 is 1.76 bits per heavy atom. The number of amides is 2. The van der Waals surface area contributed by atoms with Crippen LogP contribution in [0.15, 0.2) is 54.6 Å². The molecule has 0 aromatic heterocycles. The molecule has 3 atom stereocenters. The number of alkyl carbamates (subject to hydrolysis) is 1. The lowest BCUT2D eigenvalue weighted by Gasteiger charge is -2.30. The number of hydrogen-bond donors (Lipinski definition) is 2. The zero-order chi connectivity index (χ0) is 27.9. The monoisotopic (exact) mass is 528 g/mol. The maximum atomic E-state index is 13.4. The summed E-state index contributed by atoms with van der Waals surface area (Å²) in [7, 11) is 2.80. The highest BCUT2D eigenvalue weighted by molar-refractivity contribution is 5.94. The first-order valence-electron chi connectivity index (χ1n) is 13.0. The van der Waals surface area contributed by atoms with E-state index in [1.54, 1.807) is 36.1 Å². The van der Waals surface area contributed by atoms with Crippen LogP contribution in [-0.2, 0) is 20.7 Å². The molecule has 1 unspecified atom stereocenters. The molecule has 0 saturated heterocycles. The highest BCUT2D eigenvalue weighted by Crippen LogP contribution is 2.17. The van der Waals surface area contributed by atoms with E-state index in [0.717, 1.165) is 24.8 Å². The average molecular weight is 529 g/mol. The number of carbonyl (C=O) groups is 3. The summed E-state index contributed by atoms with van der Waals surface area (Å²) < 4.78 is 15.2. The van der Waals surface area contributed by atoms with E-state index >= 15 is 0 Å². The van der Waals surface area contributed by atoms with Crippen LogP contribution in [0.4, 0.5) is 4.79 Å². The predicted octanol–water partition coefficient (Wildman–Crippen LogP) is 3.98. The summed E-state index contributed by atoms with van der Waals surface area (Å²) >= 11 is 0. The van der Waals surface area contributed by atoms with Gasteiger partial charge in [-0.2, -0.15) is 0 Å². The first kappa shape index (κ1) is 30.6. The van der Waals surface area contributed by atoms with E-state index in [9.17, 15) is 19.5 Å². The summed E-state index contributed by atoms with van der Waals surface area (Å²) in [5.74, 6) is -0.158. The van der Waals surface area contributed by atoms with Crippen molar-refractivity contribution < 1.29 is 33.7 Å². The summed E-state index contributed by atoms with van der Waals surface area (Å²) in [6, 6.07) is 15.6. The molecule has 2 rings (SSSR count). The second kappa shape index (κ2) is 16.3. The van der Waals surface area contributed by atoms with Crippen LogP contribution in [0.5, 0.6) is 5.75 Å². The van der Waals surface area contributed by atoms with Crippen LogP contribution in [0.1, 0.15) is 55.5 Å². The molecular formula is C29H40N2O7. The zero-order valence-corrected chi connectivity index (χ0v) is 22.7. The number of ether oxygens (including phenoxy) is 3. The van der Waals surface area contributed by atoms with E-state index in [2.05, 4.69) is 17.0 Å². The minimum atomic E-state index is -1.09. The molecule has 2 aromatic carbocycles. The minimum Gasteiger partial charge on any atom is -0.497 e. The summed E-state index contributed by atoms with van der Waals surface area (Å²) in [5.41, 5.74) is 1.35. The van der Waals surface area contributed by atoms with Crippen molar-refractivity contribution >= 4 is 18.0 Å². The van der Waals surface area contributed by atoms with Crippen molar-refractivity contribution in [1.29, 1.82) is 0 Å². The highest BCUT2D eigenvalue weighted by atomic mass is 16.6. The Balaban J connectivity index is 2.21. The largest absolute Gasteiger partial charge is 0.497 e. The normalized spacial score (nSPS) is 13.1. The van der Waals surface area contributed by atoms with Gasteiger partial charge in [-0.05, 0) is 43.5 Å². The second-order valence-electron chi connectivity index (χ2n) is 9.19. The third kappa shape index (κ3) is 10.4. The molecule has 0 bridgehead atoms. The second-order valence-corrected chi connectivity index (χ2v) is 9.19. The lowest BCUT2D eigenvalue weighted by molar-refractivity contribution is -0.142. The van der Waals surface area contributed by atoms with Gasteiger partial charge in [-0.25, -0.2) is 4.79 Å². The topological polar surface area (TPSA) is 114 Å². The molecule has 2 amide bonds. The highest BCUT2D eigenvalue weighted by Gasteiger charge is 2.28. The van der Waals surface area contributed by atoms with Gasteiger partial charge in [0.25, 0.3) is 5.91 Å². The number of aliphatic hydroxyl groups is 1. The van der Waals surface area contributed by atoms with E-state index in [1.807, 2.05) is 30.3 Å². The number of aliphatic hydroxyl groups excluding tert-OH is 1. The molecule has 38 heavy (non-hydrogen) atoms. The maximum Gasteiger partial charge on any atom is 0.407 e. The molecule has 2 aromatic rings. The number of esters is 1. The van der Waals surface area contributed by atoms with Crippen molar-refractivity contribution in [3.8, 4) is 5.75 Å². The number of nitrogens with one attached hydrogen (secondary N) is 1. The standard InChI is InChI=1S/C29H40N2O7/c1-5-6-10-16-31(28(34)23-14-11-15-24(19-23)36-3)20-26(32)25(18-22-12-8-7-9-13-22)30-29(35)38-21(2)17-27(33)37-4/h7-9,11-15,19,21,25-26,32H,5-6,10,16-18,20H2,1-4H3,(H,30,35)/t21-,25?,26+/m0/s1. The van der Waals surface area contributed by atoms with Crippen molar-refractivity contribution in [2.45, 2.75) is 64.2 Å². The summed E-state index contributed by atoms with van der Waals surface area (Å²) in [5, 5.41) is 14.0. The molecule has 0 aliphatic rings. The molecular weight excluding hydrogens is 488 g/mol. The fourth-order valence-electron chi connectivity index (χ4n) is 4.00. The molecule has 208 valence electrons. The third-order valence-corrected chi connectivity index (χ3v) is 6.10. The molecule has 2 N–H and O–H groups in total. The Hall–Kier alpha value is -3.59. The van der Waals surface area contributed by atoms with Crippen molar-refractivity contribution in [2.24, 2.45) is 0 Å². The molecule has 9 heteroatoms. The number of methoxy groups -OCH3 is 2. The summed E-state index contributed by atoms with van der Waals surface area (Å²) in [4.78, 5) is 39.2. The number of unbranched alkanes of at least 4 members (excludes halogenated alkanes) is 2. The van der Waals surface area contributed by atoms with Crippen LogP contribution in [0.25, 0.3) is 0 Å². The molecule has 9 nitrogen and oxygen atoms in total. The minimum absolute atomic E-state index is 0.00918. The Labute approximate surface area is 225 Å². The quantitative estimate of drug-likeness (QED) is 0.265. The van der Waals surface area contributed by atoms with Gasteiger partial charge in [0.05, 0.1) is 32.8 Å². The Morgan fingerprint density at radius 3 is 2.42 bits per heavy atom. The van der Waals surface area contributed by atoms with Crippen LogP contribution in [0, 0.1) is 0 Å². The molecule has 0 heterocycles. The Kier molecular flexibility index (Phi) is 13.1. The number of hydrogen-bond acceptors (Lipinski definition) is 7. The molecule has 0 fully saturated rings. The van der Waals surface area contributed by atoms with Crippen molar-refractivity contribution in [1.82, 2.24) is 10.2 Å². The van der Waals surface area contributed by atoms with Gasteiger partial charge < -0.3 is 29.5 Å². The van der Waals surface area contributed by atoms with Gasteiger partial charge in [-0.15, -0.1) is 0 Å². The number of carbonyl (C=O) groups excluding carboxylic acids is 3. The fourth-order valence-corrected chi connectivity index (χ4v) is 4.00. The molecule has 0 saturated carbocycles. The SMILES string of the molecule is CCCCCN(C[C@@H](O)C(Cc1ccccc1)NC(=O)O[C@@H](C)CC(=O)OC)C(=O)c1cccc(OC)c1. The Morgan fingerprint density at radius 1 is 1.03 bits per heavy atom. The number of benzene rings is 2. The summed E-state index contributed by atoms with van der Waals surface area (Å²) in [6.45, 7) is 4.13. The molecule has 0 spiro atoms. The number of nitrogens with zero attached hydrogens (tertiary/aromatic N) is 1. The van der Waals surface area contributed by atoms with E-state index in [1.165, 1.54) is 14.2 Å². The van der Waals surface area contributed by atoms with Gasteiger partial charge in [-0.1, -0.05) is 56.2 Å². The number of rotatable bonds is 15. The predicted molar refractivity (Wildman–Crippen MR) is 144 cm³/mol. The maximum absolute atomic E-state index is 13.4. The van der Waals surface area contributed by atoms with Gasteiger partial charge >= 0.3 is 12.1 Å². The van der Waals surface area contributed by atoms with Gasteiger partial charge in [0.1, 0.15) is 11.9 Å². The molecule has 0 radical (unpaired) electrons. The first-order valence-corrected chi connectivity index (χ1v) is 13.0. The summed E-state index contributed by atoms with van der Waals surface area (Å²) in [6.07, 6.45) is 0.369. The molecule has 0 aliphatic carbocycles. The van der Waals surface area contributed by atoms with Gasteiger partial charge in [0.15, 0.2) is 0 Å². The van der Waals surface area contributed by atoms with Crippen LogP contribution < -0.4 is 10.1 Å². The lowest BCUT2D eigenvalue weighted by Crippen LogP contribution is -2.51. The van der Waals surface area contributed by atoms with Crippen molar-refractivity contribution in [3.05, 3.63) is 65.7 Å². The third-order valence-electron chi connectivity index (χ3n) is 6.10. The first-order chi connectivity index (χ1) is 18.3. The van der Waals surface area contributed by atoms with E-state index in [4.69, 9.17) is 9.47 Å². The van der Waals surface area contributed by atoms with E-state index < -0.39 is 30.3 Å². The van der Waals surface area contributed by atoms with Crippen molar-refractivity contribution in [3.63, 3.8) is 0 Å². The van der Waals surface area contributed by atoms with E-state index in [0.29, 0.717) is 24.3 Å². The van der Waals surface area contributed by atoms with Gasteiger partial charge in [0, 0.05) is 18.7 Å². The van der Waals surface area contributed by atoms with E-state index in [-0.39, 0.29) is 18.9 Å². The van der Waals surface area contributed by atoms with Gasteiger partial charge in [0.2, 0.25) is 0 Å². The Bertz CT molecular complexity index is 1010. The fraction of sp³-hybridized carbons (Fsp3) is 0.483. The van der Waals surface area contributed by atoms with Crippen LogP contribution >= 0.6 is 0 Å². The van der Waals surface area contributed by atoms with Crippen LogP contribution in [-0.4, -0.2) is 73.5 Å².